The highest BCUT2D eigenvalue weighted by molar-refractivity contribution is 9.10. The van der Waals surface area contributed by atoms with E-state index in [1.807, 2.05) is 54.6 Å². The Hall–Kier alpha value is -1.32. The lowest BCUT2D eigenvalue weighted by Crippen LogP contribution is -2.59. The van der Waals surface area contributed by atoms with Gasteiger partial charge in [0.2, 0.25) is 0 Å². The van der Waals surface area contributed by atoms with Crippen molar-refractivity contribution in [2.45, 2.75) is 37.0 Å². The number of hydrogen-bond acceptors (Lipinski definition) is 6. The number of fused-ring (bicyclic) bond motifs is 2. The van der Waals surface area contributed by atoms with E-state index in [0.29, 0.717) is 6.54 Å². The van der Waals surface area contributed by atoms with Crippen molar-refractivity contribution in [1.82, 2.24) is 5.06 Å². The molecule has 0 aromatic heterocycles. The molecule has 2 aromatic rings. The lowest BCUT2D eigenvalue weighted by molar-refractivity contribution is -0.281. The summed E-state index contributed by atoms with van der Waals surface area (Å²) in [7, 11) is 0. The second-order valence-electron chi connectivity index (χ2n) is 7.32. The fourth-order valence-corrected chi connectivity index (χ4v) is 4.33. The van der Waals surface area contributed by atoms with Gasteiger partial charge in [-0.3, -0.25) is 4.84 Å². The summed E-state index contributed by atoms with van der Waals surface area (Å²) in [5.41, 5.74) is 1.88. The molecule has 2 aliphatic rings. The van der Waals surface area contributed by atoms with Crippen LogP contribution in [0.5, 0.6) is 0 Å². The number of nitrogens with zero attached hydrogens (tertiary/aromatic N) is 1. The van der Waals surface area contributed by atoms with Crippen LogP contribution in [0.15, 0.2) is 59.1 Å². The third-order valence-electron chi connectivity index (χ3n) is 5.55. The molecule has 6 atom stereocenters. The van der Waals surface area contributed by atoms with Gasteiger partial charge in [0.15, 0.2) is 0 Å². The normalized spacial score (nSPS) is 33.4. The van der Waals surface area contributed by atoms with Crippen LogP contribution in [0.3, 0.4) is 0 Å². The number of benzene rings is 2. The fourth-order valence-electron chi connectivity index (χ4n) is 4.06. The third-order valence-corrected chi connectivity index (χ3v) is 6.08. The summed E-state index contributed by atoms with van der Waals surface area (Å²) in [5.74, 6) is -0.357. The summed E-state index contributed by atoms with van der Waals surface area (Å²) < 4.78 is 7.04. The van der Waals surface area contributed by atoms with E-state index >= 15 is 0 Å². The van der Waals surface area contributed by atoms with E-state index in [1.165, 1.54) is 0 Å². The SMILES string of the molecule is OC[C@@H]1O[C@H](c2ccc(Br)cc2)[C@H]2CON(Cc3ccccc3)[C@H]([C@H]1O)[C@H]2O. The maximum atomic E-state index is 11.1. The van der Waals surface area contributed by atoms with E-state index in [9.17, 15) is 15.3 Å². The van der Waals surface area contributed by atoms with Gasteiger partial charge in [0.05, 0.1) is 31.5 Å². The monoisotopic (exact) mass is 449 g/mol. The van der Waals surface area contributed by atoms with Gasteiger partial charge in [-0.2, -0.15) is 5.06 Å². The molecule has 7 heteroatoms. The summed E-state index contributed by atoms with van der Waals surface area (Å²) in [6, 6.07) is 16.7. The molecule has 2 heterocycles. The molecular weight excluding hydrogens is 426 g/mol. The van der Waals surface area contributed by atoms with Crippen LogP contribution in [0.2, 0.25) is 0 Å². The molecule has 28 heavy (non-hydrogen) atoms. The first-order chi connectivity index (χ1) is 13.6. The molecular formula is C21H24BrNO5. The third kappa shape index (κ3) is 3.89. The topological polar surface area (TPSA) is 82.4 Å². The maximum Gasteiger partial charge on any atom is 0.109 e. The highest BCUT2D eigenvalue weighted by atomic mass is 79.9. The standard InChI is InChI=1S/C21H24BrNO5/c22-15-8-6-14(7-9-15)21-16-12-27-23(10-13-4-2-1-3-5-13)18(19(16)25)20(26)17(11-24)28-21/h1-9,16-21,24-26H,10-12H2/t16-,17-,18-,19-,20-,21+/m0/s1. The molecule has 0 aliphatic carbocycles. The molecule has 0 spiro atoms. The Labute approximate surface area is 172 Å². The Morgan fingerprint density at radius 2 is 1.71 bits per heavy atom. The van der Waals surface area contributed by atoms with Gasteiger partial charge in [0, 0.05) is 16.9 Å². The van der Waals surface area contributed by atoms with E-state index in [0.717, 1.165) is 15.6 Å². The van der Waals surface area contributed by atoms with Crippen LogP contribution in [0.1, 0.15) is 17.2 Å². The molecule has 2 saturated heterocycles. The summed E-state index contributed by atoms with van der Waals surface area (Å²) >= 11 is 3.42. The van der Waals surface area contributed by atoms with Crippen molar-refractivity contribution in [1.29, 1.82) is 0 Å². The van der Waals surface area contributed by atoms with Gasteiger partial charge in [-0.25, -0.2) is 0 Å². The summed E-state index contributed by atoms with van der Waals surface area (Å²) in [6.45, 7) is 0.340. The fraction of sp³-hybridized carbons (Fsp3) is 0.429. The Bertz CT molecular complexity index is 774. The predicted octanol–water partition coefficient (Wildman–Crippen LogP) is 2.04. The summed E-state index contributed by atoms with van der Waals surface area (Å²) in [6.07, 6.45) is -3.26. The number of aliphatic hydroxyl groups excluding tert-OH is 3. The molecule has 6 nitrogen and oxygen atoms in total. The number of ether oxygens (including phenoxy) is 1. The molecule has 0 radical (unpaired) electrons. The molecule has 2 aromatic carbocycles. The minimum Gasteiger partial charge on any atom is -0.394 e. The van der Waals surface area contributed by atoms with Gasteiger partial charge in [-0.1, -0.05) is 58.4 Å². The van der Waals surface area contributed by atoms with Gasteiger partial charge in [-0.05, 0) is 23.3 Å². The quantitative estimate of drug-likeness (QED) is 0.662. The second kappa shape index (κ2) is 8.59. The first kappa shape index (κ1) is 20.0. The van der Waals surface area contributed by atoms with Crippen LogP contribution < -0.4 is 0 Å². The molecule has 150 valence electrons. The average Bonchev–Trinajstić information content (AvgIpc) is 2.76. The first-order valence-corrected chi connectivity index (χ1v) is 10.2. The highest BCUT2D eigenvalue weighted by Crippen LogP contribution is 2.41. The first-order valence-electron chi connectivity index (χ1n) is 9.40. The van der Waals surface area contributed by atoms with Crippen LogP contribution in [-0.4, -0.2) is 58.0 Å². The smallest absolute Gasteiger partial charge is 0.109 e. The van der Waals surface area contributed by atoms with Crippen molar-refractivity contribution in [3.8, 4) is 0 Å². The maximum absolute atomic E-state index is 11.1. The summed E-state index contributed by atoms with van der Waals surface area (Å²) in [4.78, 5) is 5.98. The van der Waals surface area contributed by atoms with E-state index < -0.39 is 30.5 Å². The van der Waals surface area contributed by atoms with E-state index in [-0.39, 0.29) is 19.1 Å². The zero-order valence-corrected chi connectivity index (χ0v) is 16.9. The average molecular weight is 450 g/mol. The lowest BCUT2D eigenvalue weighted by atomic mass is 9.85. The molecule has 0 saturated carbocycles. The Balaban J connectivity index is 1.64. The van der Waals surface area contributed by atoms with Gasteiger partial charge < -0.3 is 20.1 Å². The van der Waals surface area contributed by atoms with Crippen LogP contribution >= 0.6 is 15.9 Å². The van der Waals surface area contributed by atoms with Crippen LogP contribution in [0, 0.1) is 5.92 Å². The predicted molar refractivity (Wildman–Crippen MR) is 106 cm³/mol. The molecule has 2 bridgehead atoms. The van der Waals surface area contributed by atoms with E-state index in [2.05, 4.69) is 15.9 Å². The van der Waals surface area contributed by atoms with Crippen LogP contribution in [0.25, 0.3) is 0 Å². The zero-order chi connectivity index (χ0) is 19.7. The van der Waals surface area contributed by atoms with Crippen molar-refractivity contribution in [3.05, 3.63) is 70.2 Å². The highest BCUT2D eigenvalue weighted by Gasteiger charge is 2.51. The van der Waals surface area contributed by atoms with Gasteiger partial charge in [0.1, 0.15) is 12.2 Å². The minimum atomic E-state index is -1.09. The molecule has 3 N–H and O–H groups in total. The molecule has 2 fully saturated rings. The van der Waals surface area contributed by atoms with Gasteiger partial charge >= 0.3 is 0 Å². The number of rotatable bonds is 4. The molecule has 0 amide bonds. The van der Waals surface area contributed by atoms with E-state index in [1.54, 1.807) is 5.06 Å². The second-order valence-corrected chi connectivity index (χ2v) is 8.24. The van der Waals surface area contributed by atoms with Crippen LogP contribution in [-0.2, 0) is 16.1 Å². The molecule has 4 rings (SSSR count). The Kier molecular flexibility index (Phi) is 6.13. The molecule has 2 aliphatic heterocycles. The van der Waals surface area contributed by atoms with Gasteiger partial charge in [0.25, 0.3) is 0 Å². The lowest BCUT2D eigenvalue weighted by Gasteiger charge is -2.43. The zero-order valence-electron chi connectivity index (χ0n) is 15.3. The number of hydrogen-bond donors (Lipinski definition) is 3. The summed E-state index contributed by atoms with van der Waals surface area (Å²) in [5, 5.41) is 33.5. The van der Waals surface area contributed by atoms with Crippen molar-refractivity contribution >= 4 is 15.9 Å². The minimum absolute atomic E-state index is 0.260. The number of halogens is 1. The van der Waals surface area contributed by atoms with Crippen molar-refractivity contribution in [2.24, 2.45) is 5.92 Å². The van der Waals surface area contributed by atoms with Gasteiger partial charge in [-0.15, -0.1) is 0 Å². The molecule has 0 unspecified atom stereocenters. The largest absolute Gasteiger partial charge is 0.394 e. The number of hydroxylamine groups is 2. The number of aliphatic hydroxyl groups is 3. The van der Waals surface area contributed by atoms with E-state index in [4.69, 9.17) is 9.57 Å². The van der Waals surface area contributed by atoms with Crippen molar-refractivity contribution in [2.75, 3.05) is 13.2 Å². The van der Waals surface area contributed by atoms with Crippen molar-refractivity contribution in [3.63, 3.8) is 0 Å². The van der Waals surface area contributed by atoms with Crippen LogP contribution in [0.4, 0.5) is 0 Å². The Morgan fingerprint density at radius 3 is 2.39 bits per heavy atom. The Morgan fingerprint density at radius 1 is 1.00 bits per heavy atom. The van der Waals surface area contributed by atoms with Crippen molar-refractivity contribution < 1.29 is 24.9 Å².